The van der Waals surface area contributed by atoms with Crippen molar-refractivity contribution in [2.24, 2.45) is 10.2 Å². The van der Waals surface area contributed by atoms with Gasteiger partial charge in [-0.05, 0) is 57.3 Å². The van der Waals surface area contributed by atoms with Crippen LogP contribution in [0.1, 0.15) is 29.0 Å². The molecule has 3 rings (SSSR count). The van der Waals surface area contributed by atoms with E-state index in [1.165, 1.54) is 24.3 Å². The van der Waals surface area contributed by atoms with Crippen LogP contribution in [0.2, 0.25) is 0 Å². The number of amides is 2. The highest BCUT2D eigenvalue weighted by atomic mass is 32.1. The van der Waals surface area contributed by atoms with E-state index in [-0.39, 0.29) is 23.8 Å². The molecule has 1 aliphatic heterocycles. The van der Waals surface area contributed by atoms with Crippen LogP contribution >= 0.6 is 12.6 Å². The smallest absolute Gasteiger partial charge is 0.339 e. The predicted octanol–water partition coefficient (Wildman–Crippen LogP) is 4.36. The van der Waals surface area contributed by atoms with Crippen LogP contribution in [0.4, 0.5) is 24.5 Å². The number of alkyl halides is 3. The van der Waals surface area contributed by atoms with E-state index in [1.807, 2.05) is 14.1 Å². The molecule has 1 fully saturated rings. The first-order valence-electron chi connectivity index (χ1n) is 11.0. The number of pyridine rings is 1. The van der Waals surface area contributed by atoms with Crippen LogP contribution in [0.25, 0.3) is 0 Å². The number of azo groups is 1. The van der Waals surface area contributed by atoms with Gasteiger partial charge in [0.05, 0.1) is 17.8 Å². The van der Waals surface area contributed by atoms with E-state index in [1.54, 1.807) is 17.0 Å². The van der Waals surface area contributed by atoms with Gasteiger partial charge < -0.3 is 15.1 Å². The lowest BCUT2D eigenvalue weighted by molar-refractivity contribution is -0.131. The number of thiol groups is 1. The summed E-state index contributed by atoms with van der Waals surface area (Å²) in [7, 11) is 4.00. The van der Waals surface area contributed by atoms with Gasteiger partial charge in [0, 0.05) is 29.7 Å². The monoisotopic (exact) mass is 508 g/mol. The molecule has 0 spiro atoms. The Morgan fingerprint density at radius 1 is 1.26 bits per heavy atom. The number of carbonyl (C=O) groups excluding carboxylic acids is 2. The lowest BCUT2D eigenvalue weighted by atomic mass is 10.1. The Labute approximate surface area is 207 Å². The van der Waals surface area contributed by atoms with Crippen LogP contribution in [-0.4, -0.2) is 72.5 Å². The number of aromatic nitrogens is 1. The van der Waals surface area contributed by atoms with Crippen molar-refractivity contribution < 1.29 is 22.8 Å². The van der Waals surface area contributed by atoms with Crippen molar-refractivity contribution in [2.45, 2.75) is 36.4 Å². The predicted molar refractivity (Wildman–Crippen MR) is 128 cm³/mol. The van der Waals surface area contributed by atoms with E-state index < -0.39 is 18.5 Å². The van der Waals surface area contributed by atoms with Crippen molar-refractivity contribution in [2.75, 3.05) is 39.0 Å². The molecular weight excluding hydrogens is 481 g/mol. The van der Waals surface area contributed by atoms with Gasteiger partial charge in [0.1, 0.15) is 12.2 Å². The maximum atomic E-state index is 12.6. The van der Waals surface area contributed by atoms with E-state index in [4.69, 9.17) is 0 Å². The first kappa shape index (κ1) is 26.6. The van der Waals surface area contributed by atoms with Gasteiger partial charge in [-0.2, -0.15) is 23.4 Å². The maximum Gasteiger partial charge on any atom is 0.394 e. The number of rotatable bonds is 7. The largest absolute Gasteiger partial charge is 0.394 e. The van der Waals surface area contributed by atoms with Gasteiger partial charge in [0.2, 0.25) is 5.91 Å². The summed E-state index contributed by atoms with van der Waals surface area (Å²) in [6.07, 6.45) is -3.63. The van der Waals surface area contributed by atoms with Crippen molar-refractivity contribution in [3.63, 3.8) is 0 Å². The molecule has 1 N–H and O–H groups in total. The van der Waals surface area contributed by atoms with Crippen LogP contribution in [0.3, 0.4) is 0 Å². The van der Waals surface area contributed by atoms with Crippen LogP contribution < -0.4 is 5.32 Å². The molecule has 0 unspecified atom stereocenters. The van der Waals surface area contributed by atoms with Crippen molar-refractivity contribution in [3.05, 3.63) is 47.8 Å². The second-order valence-corrected chi connectivity index (χ2v) is 8.94. The number of halogens is 3. The van der Waals surface area contributed by atoms with E-state index in [0.29, 0.717) is 35.4 Å². The van der Waals surface area contributed by atoms with Crippen LogP contribution in [0, 0.1) is 0 Å². The average molecular weight is 509 g/mol. The quantitative estimate of drug-likeness (QED) is 0.430. The molecule has 0 bridgehead atoms. The number of nitrogens with zero attached hydrogens (tertiary/aromatic N) is 5. The topological polar surface area (TPSA) is 90.3 Å². The van der Waals surface area contributed by atoms with Crippen LogP contribution in [-0.2, 0) is 11.2 Å². The summed E-state index contributed by atoms with van der Waals surface area (Å²) in [6, 6.07) is 8.89. The summed E-state index contributed by atoms with van der Waals surface area (Å²) in [4.78, 5) is 33.0. The number of hydrogen-bond donors (Lipinski definition) is 2. The number of carbonyl (C=O) groups is 2. The molecule has 0 radical (unpaired) electrons. The summed E-state index contributed by atoms with van der Waals surface area (Å²) in [6.45, 7) is 1.30. The summed E-state index contributed by atoms with van der Waals surface area (Å²) in [5.41, 5.74) is 0.395. The zero-order valence-electron chi connectivity index (χ0n) is 19.4. The normalized spacial score (nSPS) is 16.7. The highest BCUT2D eigenvalue weighted by Gasteiger charge is 2.28. The number of hydrogen-bond acceptors (Lipinski definition) is 7. The molecule has 1 atom stereocenters. The number of likely N-dealkylation sites (tertiary alicyclic amines) is 1. The number of anilines is 1. The molecule has 1 aromatic carbocycles. The minimum atomic E-state index is -4.42. The van der Waals surface area contributed by atoms with Crippen molar-refractivity contribution >= 4 is 35.8 Å². The lowest BCUT2D eigenvalue weighted by Gasteiger charge is -2.35. The minimum absolute atomic E-state index is 0.0776. The second kappa shape index (κ2) is 11.6. The highest BCUT2D eigenvalue weighted by molar-refractivity contribution is 7.80. The number of benzene rings is 1. The van der Waals surface area contributed by atoms with Gasteiger partial charge in [-0.1, -0.05) is 6.07 Å². The molecule has 0 aliphatic carbocycles. The second-order valence-electron chi connectivity index (χ2n) is 8.46. The summed E-state index contributed by atoms with van der Waals surface area (Å²) < 4.78 is 37.8. The Bertz CT molecular complexity index is 1090. The van der Waals surface area contributed by atoms with Gasteiger partial charge in [0.15, 0.2) is 0 Å². The van der Waals surface area contributed by atoms with Gasteiger partial charge >= 0.3 is 6.18 Å². The number of piperidine rings is 1. The molecule has 0 saturated carbocycles. The minimum Gasteiger partial charge on any atom is -0.339 e. The third-order valence-electron chi connectivity index (χ3n) is 5.52. The molecule has 188 valence electrons. The van der Waals surface area contributed by atoms with Crippen LogP contribution in [0.5, 0.6) is 0 Å². The van der Waals surface area contributed by atoms with Crippen molar-refractivity contribution in [3.8, 4) is 0 Å². The zero-order valence-corrected chi connectivity index (χ0v) is 20.3. The Morgan fingerprint density at radius 2 is 2.03 bits per heavy atom. The fourth-order valence-electron chi connectivity index (χ4n) is 3.67. The van der Waals surface area contributed by atoms with Crippen molar-refractivity contribution in [1.29, 1.82) is 0 Å². The summed E-state index contributed by atoms with van der Waals surface area (Å²) >= 11 is 4.35. The first-order chi connectivity index (χ1) is 16.5. The Morgan fingerprint density at radius 3 is 2.71 bits per heavy atom. The van der Waals surface area contributed by atoms with E-state index in [0.717, 1.165) is 12.8 Å². The molecule has 2 heterocycles. The molecular formula is C23H27F3N6O2S. The molecule has 1 aromatic heterocycles. The third-order valence-corrected chi connectivity index (χ3v) is 5.88. The van der Waals surface area contributed by atoms with Gasteiger partial charge in [-0.3, -0.25) is 9.59 Å². The fourth-order valence-corrected chi connectivity index (χ4v) is 3.92. The highest BCUT2D eigenvalue weighted by Crippen LogP contribution is 2.27. The number of likely N-dealkylation sites (N-methyl/N-ethyl adjacent to an activating group) is 1. The summed E-state index contributed by atoms with van der Waals surface area (Å²) in [5.74, 6) is -0.746. The van der Waals surface area contributed by atoms with Gasteiger partial charge in [-0.25, -0.2) is 4.98 Å². The fraction of sp³-hybridized carbons (Fsp3) is 0.435. The molecule has 8 nitrogen and oxygen atoms in total. The van der Waals surface area contributed by atoms with Gasteiger partial charge in [-0.15, -0.1) is 12.6 Å². The Balaban J connectivity index is 1.58. The lowest BCUT2D eigenvalue weighted by Crippen LogP contribution is -2.48. The van der Waals surface area contributed by atoms with E-state index >= 15 is 0 Å². The molecule has 2 aromatic rings. The van der Waals surface area contributed by atoms with Gasteiger partial charge in [0.25, 0.3) is 5.91 Å². The first-order valence-corrected chi connectivity index (χ1v) is 11.5. The van der Waals surface area contributed by atoms with E-state index in [2.05, 4.69) is 38.1 Å². The molecule has 12 heteroatoms. The van der Waals surface area contributed by atoms with Crippen LogP contribution in [0.15, 0.2) is 51.5 Å². The average Bonchev–Trinajstić information content (AvgIpc) is 2.79. The Hall–Kier alpha value is -2.99. The molecule has 1 saturated heterocycles. The standard InChI is InChI=1S/C23H27F3N6O2S/c1-31(2)17-6-4-10-32(14-17)21(33)13-27-30-18-9-8-15(11-20(18)35)29-22(34)19-7-3-5-16(28-19)12-23(24,25)26/h3,5,7-9,11,17,35H,4,6,10,12-14H2,1-2H3,(H,29,34)/t17-/m1/s1. The molecule has 2 amide bonds. The van der Waals surface area contributed by atoms with Crippen molar-refractivity contribution in [1.82, 2.24) is 14.8 Å². The SMILES string of the molecule is CN(C)[C@@H]1CCCN(C(=O)CN=Nc2ccc(NC(=O)c3cccc(CC(F)(F)F)n3)cc2S)C1. The number of nitrogens with one attached hydrogen (secondary N) is 1. The summed E-state index contributed by atoms with van der Waals surface area (Å²) in [5, 5.41) is 10.7. The maximum absolute atomic E-state index is 12.6. The Kier molecular flexibility index (Phi) is 8.84. The molecule has 35 heavy (non-hydrogen) atoms. The molecule has 1 aliphatic rings. The zero-order chi connectivity index (χ0) is 25.6. The third kappa shape index (κ3) is 8.03. The van der Waals surface area contributed by atoms with E-state index in [9.17, 15) is 22.8 Å².